The Kier molecular flexibility index (Phi) is 6.05. The molecule has 0 aliphatic carbocycles. The number of benzene rings is 1. The summed E-state index contributed by atoms with van der Waals surface area (Å²) < 4.78 is 5.63. The Morgan fingerprint density at radius 2 is 2.10 bits per heavy atom. The predicted octanol–water partition coefficient (Wildman–Crippen LogP) is 2.69. The van der Waals surface area contributed by atoms with Crippen LogP contribution >= 0.6 is 0 Å². The average molecular weight is 290 g/mol. The van der Waals surface area contributed by atoms with Crippen LogP contribution in [0, 0.1) is 0 Å². The topological polar surface area (TPSA) is 41.6 Å². The van der Waals surface area contributed by atoms with Gasteiger partial charge in [-0.25, -0.2) is 0 Å². The quantitative estimate of drug-likeness (QED) is 0.785. The number of carbonyl (C=O) groups is 1. The zero-order chi connectivity index (χ0) is 15.1. The summed E-state index contributed by atoms with van der Waals surface area (Å²) in [5.41, 5.74) is 0.742. The van der Waals surface area contributed by atoms with E-state index >= 15 is 0 Å². The molecule has 1 atom stereocenters. The largest absolute Gasteiger partial charge is 0.494 e. The van der Waals surface area contributed by atoms with E-state index in [-0.39, 0.29) is 5.91 Å². The van der Waals surface area contributed by atoms with E-state index in [2.05, 4.69) is 12.2 Å². The average Bonchev–Trinajstić information content (AvgIpc) is 3.03. The molecule has 1 saturated heterocycles. The van der Waals surface area contributed by atoms with Gasteiger partial charge in [-0.05, 0) is 50.6 Å². The van der Waals surface area contributed by atoms with Gasteiger partial charge in [0.05, 0.1) is 6.61 Å². The summed E-state index contributed by atoms with van der Waals surface area (Å²) in [7, 11) is 0. The highest BCUT2D eigenvalue weighted by Crippen LogP contribution is 2.17. The van der Waals surface area contributed by atoms with E-state index in [0.29, 0.717) is 6.04 Å². The summed E-state index contributed by atoms with van der Waals surface area (Å²) in [4.78, 5) is 14.6. The van der Waals surface area contributed by atoms with E-state index in [1.807, 2.05) is 36.1 Å². The van der Waals surface area contributed by atoms with Crippen molar-refractivity contribution in [2.75, 3.05) is 26.2 Å². The van der Waals surface area contributed by atoms with E-state index < -0.39 is 0 Å². The lowest BCUT2D eigenvalue weighted by Crippen LogP contribution is -2.41. The molecule has 1 aliphatic rings. The Labute approximate surface area is 127 Å². The third kappa shape index (κ3) is 4.21. The Bertz CT molecular complexity index is 439. The van der Waals surface area contributed by atoms with Crippen molar-refractivity contribution in [3.63, 3.8) is 0 Å². The molecule has 0 saturated carbocycles. The van der Waals surface area contributed by atoms with E-state index in [1.54, 1.807) is 0 Å². The minimum atomic E-state index is 0.117. The molecule has 0 spiro atoms. The van der Waals surface area contributed by atoms with Crippen molar-refractivity contribution in [3.8, 4) is 5.75 Å². The first kappa shape index (κ1) is 15.8. The number of nitrogens with one attached hydrogen (secondary N) is 1. The molecule has 1 aliphatic heterocycles. The van der Waals surface area contributed by atoms with Crippen LogP contribution in [-0.4, -0.2) is 43.1 Å². The highest BCUT2D eigenvalue weighted by Gasteiger charge is 2.25. The van der Waals surface area contributed by atoms with E-state index in [1.165, 1.54) is 0 Å². The second-order valence-corrected chi connectivity index (χ2v) is 5.46. The summed E-state index contributed by atoms with van der Waals surface area (Å²) in [6.45, 7) is 7.57. The lowest BCUT2D eigenvalue weighted by molar-refractivity contribution is 0.0703. The van der Waals surface area contributed by atoms with Crippen LogP contribution in [0.1, 0.15) is 43.5 Å². The van der Waals surface area contributed by atoms with Crippen LogP contribution in [0.5, 0.6) is 5.75 Å². The molecule has 1 amide bonds. The van der Waals surface area contributed by atoms with Gasteiger partial charge in [0, 0.05) is 24.7 Å². The number of hydrogen-bond donors (Lipinski definition) is 1. The summed E-state index contributed by atoms with van der Waals surface area (Å²) in [5.74, 6) is 0.955. The molecule has 1 N–H and O–H groups in total. The molecule has 1 heterocycles. The standard InChI is InChI=1S/C17H26N2O2/c1-3-5-12-21-16-8-6-14(7-9-16)17(20)19(4-2)15-10-11-18-13-15/h6-9,15,18H,3-5,10-13H2,1-2H3. The molecule has 116 valence electrons. The molecular weight excluding hydrogens is 264 g/mol. The maximum Gasteiger partial charge on any atom is 0.254 e. The summed E-state index contributed by atoms with van der Waals surface area (Å²) in [6, 6.07) is 7.85. The molecule has 4 nitrogen and oxygen atoms in total. The molecule has 0 aromatic heterocycles. The monoisotopic (exact) mass is 290 g/mol. The maximum absolute atomic E-state index is 12.6. The van der Waals surface area contributed by atoms with Gasteiger partial charge in [-0.2, -0.15) is 0 Å². The number of hydrogen-bond acceptors (Lipinski definition) is 3. The maximum atomic E-state index is 12.6. The predicted molar refractivity (Wildman–Crippen MR) is 84.8 cm³/mol. The van der Waals surface area contributed by atoms with Gasteiger partial charge in [-0.1, -0.05) is 13.3 Å². The highest BCUT2D eigenvalue weighted by molar-refractivity contribution is 5.94. The van der Waals surface area contributed by atoms with Gasteiger partial charge < -0.3 is 15.0 Å². The minimum Gasteiger partial charge on any atom is -0.494 e. The minimum absolute atomic E-state index is 0.117. The van der Waals surface area contributed by atoms with Crippen molar-refractivity contribution >= 4 is 5.91 Å². The van der Waals surface area contributed by atoms with Gasteiger partial charge in [0.2, 0.25) is 0 Å². The van der Waals surface area contributed by atoms with E-state index in [0.717, 1.165) is 56.8 Å². The van der Waals surface area contributed by atoms with Crippen molar-refractivity contribution in [1.82, 2.24) is 10.2 Å². The summed E-state index contributed by atoms with van der Waals surface area (Å²) in [6.07, 6.45) is 3.22. The van der Waals surface area contributed by atoms with Gasteiger partial charge in [0.1, 0.15) is 5.75 Å². The van der Waals surface area contributed by atoms with Gasteiger partial charge in [-0.15, -0.1) is 0 Å². The molecular formula is C17H26N2O2. The fourth-order valence-electron chi connectivity index (χ4n) is 2.67. The molecule has 1 aromatic rings. The van der Waals surface area contributed by atoms with Gasteiger partial charge >= 0.3 is 0 Å². The molecule has 1 fully saturated rings. The fourth-order valence-corrected chi connectivity index (χ4v) is 2.67. The molecule has 0 radical (unpaired) electrons. The fraction of sp³-hybridized carbons (Fsp3) is 0.588. The van der Waals surface area contributed by atoms with Crippen molar-refractivity contribution in [3.05, 3.63) is 29.8 Å². The van der Waals surface area contributed by atoms with Crippen molar-refractivity contribution in [2.45, 2.75) is 39.2 Å². The van der Waals surface area contributed by atoms with Crippen LogP contribution in [0.15, 0.2) is 24.3 Å². The van der Waals surface area contributed by atoms with Crippen LogP contribution in [0.4, 0.5) is 0 Å². The first-order chi connectivity index (χ1) is 10.3. The lowest BCUT2D eigenvalue weighted by Gasteiger charge is -2.27. The first-order valence-corrected chi connectivity index (χ1v) is 8.00. The number of unbranched alkanes of at least 4 members (excludes halogenated alkanes) is 1. The van der Waals surface area contributed by atoms with E-state index in [4.69, 9.17) is 4.74 Å². The van der Waals surface area contributed by atoms with Crippen molar-refractivity contribution < 1.29 is 9.53 Å². The first-order valence-electron chi connectivity index (χ1n) is 8.00. The number of likely N-dealkylation sites (N-methyl/N-ethyl adjacent to an activating group) is 1. The van der Waals surface area contributed by atoms with Crippen LogP contribution in [0.2, 0.25) is 0 Å². The zero-order valence-corrected chi connectivity index (χ0v) is 13.1. The Hall–Kier alpha value is -1.55. The molecule has 0 bridgehead atoms. The molecule has 4 heteroatoms. The van der Waals surface area contributed by atoms with Crippen LogP contribution < -0.4 is 10.1 Å². The van der Waals surface area contributed by atoms with Crippen LogP contribution in [-0.2, 0) is 0 Å². The number of rotatable bonds is 7. The normalized spacial score (nSPS) is 17.7. The molecule has 2 rings (SSSR count). The third-order valence-electron chi connectivity index (χ3n) is 3.94. The van der Waals surface area contributed by atoms with Crippen LogP contribution in [0.25, 0.3) is 0 Å². The number of nitrogens with zero attached hydrogens (tertiary/aromatic N) is 1. The van der Waals surface area contributed by atoms with Gasteiger partial charge in [0.25, 0.3) is 5.91 Å². The van der Waals surface area contributed by atoms with E-state index in [9.17, 15) is 4.79 Å². The van der Waals surface area contributed by atoms with Gasteiger partial charge in [0.15, 0.2) is 0 Å². The summed E-state index contributed by atoms with van der Waals surface area (Å²) >= 11 is 0. The second kappa shape index (κ2) is 8.03. The molecule has 1 aromatic carbocycles. The smallest absolute Gasteiger partial charge is 0.254 e. The number of ether oxygens (including phenoxy) is 1. The lowest BCUT2D eigenvalue weighted by atomic mass is 10.1. The van der Waals surface area contributed by atoms with Crippen LogP contribution in [0.3, 0.4) is 0 Å². The molecule has 21 heavy (non-hydrogen) atoms. The number of carbonyl (C=O) groups excluding carboxylic acids is 1. The zero-order valence-electron chi connectivity index (χ0n) is 13.1. The van der Waals surface area contributed by atoms with Crippen molar-refractivity contribution in [1.29, 1.82) is 0 Å². The second-order valence-electron chi connectivity index (χ2n) is 5.46. The summed E-state index contributed by atoms with van der Waals surface area (Å²) in [5, 5.41) is 3.32. The molecule has 1 unspecified atom stereocenters. The Morgan fingerprint density at radius 3 is 2.67 bits per heavy atom. The highest BCUT2D eigenvalue weighted by atomic mass is 16.5. The van der Waals surface area contributed by atoms with Gasteiger partial charge in [-0.3, -0.25) is 4.79 Å². The Balaban J connectivity index is 1.97. The Morgan fingerprint density at radius 1 is 1.33 bits per heavy atom. The van der Waals surface area contributed by atoms with Crippen molar-refractivity contribution in [2.24, 2.45) is 0 Å². The number of amides is 1. The SMILES string of the molecule is CCCCOc1ccc(C(=O)N(CC)C2CCNC2)cc1. The third-order valence-corrected chi connectivity index (χ3v) is 3.94.